The predicted octanol–water partition coefficient (Wildman–Crippen LogP) is 3.33. The zero-order chi connectivity index (χ0) is 20.2. The number of carbonyl (C=O) groups excluding carboxylic acids is 1. The van der Waals surface area contributed by atoms with Crippen molar-refractivity contribution in [2.75, 3.05) is 11.9 Å². The maximum atomic E-state index is 12.6. The fourth-order valence-corrected chi connectivity index (χ4v) is 2.03. The zero-order valence-electron chi connectivity index (χ0n) is 13.3. The number of carboxylic acids is 1. The Bertz CT molecular complexity index is 898. The number of ether oxygens (including phenoxy) is 1. The summed E-state index contributed by atoms with van der Waals surface area (Å²) < 4.78 is 42.9. The van der Waals surface area contributed by atoms with Crippen LogP contribution in [0.25, 0.3) is 0 Å². The highest BCUT2D eigenvalue weighted by Gasteiger charge is 2.30. The fourth-order valence-electron chi connectivity index (χ4n) is 2.03. The molecule has 0 atom stereocenters. The van der Waals surface area contributed by atoms with E-state index in [1.807, 2.05) is 0 Å². The number of nitrogens with one attached hydrogen (secondary N) is 1. The van der Waals surface area contributed by atoms with E-state index in [0.29, 0.717) is 6.07 Å². The topological polar surface area (TPSA) is 119 Å². The second kappa shape index (κ2) is 7.72. The second-order valence-corrected chi connectivity index (χ2v) is 5.16. The first-order chi connectivity index (χ1) is 12.6. The quantitative estimate of drug-likeness (QED) is 0.582. The average Bonchev–Trinajstić information content (AvgIpc) is 2.59. The van der Waals surface area contributed by atoms with Gasteiger partial charge in [-0.15, -0.1) is 0 Å². The van der Waals surface area contributed by atoms with E-state index in [1.165, 1.54) is 6.07 Å². The van der Waals surface area contributed by atoms with Crippen molar-refractivity contribution in [2.45, 2.75) is 6.18 Å². The molecule has 2 aromatic rings. The molecule has 0 aromatic heterocycles. The van der Waals surface area contributed by atoms with Crippen molar-refractivity contribution in [3.8, 4) is 5.75 Å². The molecule has 0 fully saturated rings. The third kappa shape index (κ3) is 5.17. The Labute approximate surface area is 149 Å². The number of nitrogens with zero attached hydrogens (tertiary/aromatic N) is 1. The molecule has 0 aliphatic carbocycles. The highest BCUT2D eigenvalue weighted by Crippen LogP contribution is 2.31. The van der Waals surface area contributed by atoms with Crippen LogP contribution in [0.4, 0.5) is 24.5 Å². The molecule has 0 saturated carbocycles. The van der Waals surface area contributed by atoms with Crippen molar-refractivity contribution in [1.82, 2.24) is 0 Å². The summed E-state index contributed by atoms with van der Waals surface area (Å²) >= 11 is 0. The number of nitro benzene ring substituents is 1. The number of hydrogen-bond donors (Lipinski definition) is 2. The van der Waals surface area contributed by atoms with Crippen molar-refractivity contribution in [3.05, 3.63) is 63.7 Å². The number of aromatic carboxylic acids is 1. The number of amides is 1. The van der Waals surface area contributed by atoms with Crippen molar-refractivity contribution >= 4 is 23.3 Å². The van der Waals surface area contributed by atoms with E-state index in [1.54, 1.807) is 0 Å². The van der Waals surface area contributed by atoms with Crippen molar-refractivity contribution in [1.29, 1.82) is 0 Å². The van der Waals surface area contributed by atoms with Gasteiger partial charge in [-0.2, -0.15) is 13.2 Å². The molecule has 0 aliphatic rings. The van der Waals surface area contributed by atoms with E-state index in [9.17, 15) is 32.9 Å². The predicted molar refractivity (Wildman–Crippen MR) is 85.6 cm³/mol. The summed E-state index contributed by atoms with van der Waals surface area (Å²) in [7, 11) is 0. The standard InChI is InChI=1S/C16H11F3N2O6/c17-16(18,19)10-2-1-3-11(7-10)20-14(22)8-27-13-6-9(15(23)24)4-5-12(13)21(25)26/h1-7H,8H2,(H,20,22)(H,23,24). The van der Waals surface area contributed by atoms with E-state index in [-0.39, 0.29) is 11.3 Å². The van der Waals surface area contributed by atoms with Crippen molar-refractivity contribution < 1.29 is 37.5 Å². The van der Waals surface area contributed by atoms with Crippen LogP contribution >= 0.6 is 0 Å². The lowest BCUT2D eigenvalue weighted by atomic mass is 10.2. The van der Waals surface area contributed by atoms with E-state index in [0.717, 1.165) is 30.3 Å². The first-order valence-electron chi connectivity index (χ1n) is 7.19. The van der Waals surface area contributed by atoms with Gasteiger partial charge >= 0.3 is 17.8 Å². The largest absolute Gasteiger partial charge is 0.478 e. The number of anilines is 1. The van der Waals surface area contributed by atoms with Crippen LogP contribution in [0, 0.1) is 10.1 Å². The SMILES string of the molecule is O=C(COc1cc(C(=O)O)ccc1[N+](=O)[O-])Nc1cccc(C(F)(F)F)c1. The van der Waals surface area contributed by atoms with Crippen molar-refractivity contribution in [2.24, 2.45) is 0 Å². The Balaban J connectivity index is 2.11. The van der Waals surface area contributed by atoms with Crippen LogP contribution in [-0.2, 0) is 11.0 Å². The van der Waals surface area contributed by atoms with Gasteiger partial charge in [-0.05, 0) is 24.3 Å². The summed E-state index contributed by atoms with van der Waals surface area (Å²) in [4.78, 5) is 32.9. The number of carboxylic acid groups (broad SMARTS) is 1. The Morgan fingerprint density at radius 1 is 1.19 bits per heavy atom. The minimum absolute atomic E-state index is 0.146. The molecular formula is C16H11F3N2O6. The van der Waals surface area contributed by atoms with Crippen LogP contribution in [0.15, 0.2) is 42.5 Å². The lowest BCUT2D eigenvalue weighted by Crippen LogP contribution is -2.21. The smallest absolute Gasteiger partial charge is 0.416 e. The summed E-state index contributed by atoms with van der Waals surface area (Å²) in [5.74, 6) is -2.70. The molecule has 0 radical (unpaired) electrons. The summed E-state index contributed by atoms with van der Waals surface area (Å²) in [6.45, 7) is -0.778. The van der Waals surface area contributed by atoms with E-state index >= 15 is 0 Å². The third-order valence-corrected chi connectivity index (χ3v) is 3.24. The first kappa shape index (κ1) is 19.7. The molecule has 2 rings (SSSR count). The normalized spacial score (nSPS) is 10.9. The van der Waals surface area contributed by atoms with Crippen LogP contribution in [0.3, 0.4) is 0 Å². The number of rotatable bonds is 6. The molecule has 1 amide bonds. The Morgan fingerprint density at radius 2 is 1.89 bits per heavy atom. The molecule has 0 heterocycles. The lowest BCUT2D eigenvalue weighted by molar-refractivity contribution is -0.385. The molecule has 0 aliphatic heterocycles. The fraction of sp³-hybridized carbons (Fsp3) is 0.125. The van der Waals surface area contributed by atoms with Crippen LogP contribution in [0.5, 0.6) is 5.75 Å². The summed E-state index contributed by atoms with van der Waals surface area (Å²) in [5, 5.41) is 22.0. The molecule has 142 valence electrons. The molecule has 0 unspecified atom stereocenters. The van der Waals surface area contributed by atoms with Gasteiger partial charge in [0.2, 0.25) is 0 Å². The van der Waals surface area contributed by atoms with E-state index < -0.39 is 46.6 Å². The number of carbonyl (C=O) groups is 2. The first-order valence-corrected chi connectivity index (χ1v) is 7.19. The van der Waals surface area contributed by atoms with Gasteiger partial charge in [0.25, 0.3) is 5.91 Å². The number of hydrogen-bond acceptors (Lipinski definition) is 5. The van der Waals surface area contributed by atoms with Crippen molar-refractivity contribution in [3.63, 3.8) is 0 Å². The van der Waals surface area contributed by atoms with Crippen LogP contribution in [0.2, 0.25) is 0 Å². The molecule has 0 spiro atoms. The molecular weight excluding hydrogens is 373 g/mol. The maximum Gasteiger partial charge on any atom is 0.416 e. The molecule has 8 nitrogen and oxygen atoms in total. The molecule has 0 saturated heterocycles. The molecule has 11 heteroatoms. The number of alkyl halides is 3. The zero-order valence-corrected chi connectivity index (χ0v) is 13.3. The average molecular weight is 384 g/mol. The second-order valence-electron chi connectivity index (χ2n) is 5.16. The highest BCUT2D eigenvalue weighted by molar-refractivity contribution is 5.92. The number of benzene rings is 2. The minimum atomic E-state index is -4.59. The van der Waals surface area contributed by atoms with Gasteiger partial charge in [-0.1, -0.05) is 6.07 Å². The van der Waals surface area contributed by atoms with Gasteiger partial charge in [0.1, 0.15) is 0 Å². The Kier molecular flexibility index (Phi) is 5.63. The number of halogens is 3. The maximum absolute atomic E-state index is 12.6. The molecule has 0 bridgehead atoms. The Hall–Kier alpha value is -3.63. The van der Waals surface area contributed by atoms with Crippen LogP contribution < -0.4 is 10.1 Å². The van der Waals surface area contributed by atoms with Gasteiger partial charge in [0.15, 0.2) is 12.4 Å². The van der Waals surface area contributed by atoms with Gasteiger partial charge in [-0.3, -0.25) is 14.9 Å². The lowest BCUT2D eigenvalue weighted by Gasteiger charge is -2.11. The number of nitro groups is 1. The van der Waals surface area contributed by atoms with Gasteiger partial charge in [0, 0.05) is 17.8 Å². The molecule has 2 N–H and O–H groups in total. The Morgan fingerprint density at radius 3 is 2.48 bits per heavy atom. The molecule has 2 aromatic carbocycles. The van der Waals surface area contributed by atoms with Gasteiger partial charge in [-0.25, -0.2) is 4.79 Å². The summed E-state index contributed by atoms with van der Waals surface area (Å²) in [6.07, 6.45) is -4.59. The highest BCUT2D eigenvalue weighted by atomic mass is 19.4. The minimum Gasteiger partial charge on any atom is -0.478 e. The van der Waals surface area contributed by atoms with E-state index in [4.69, 9.17) is 9.84 Å². The van der Waals surface area contributed by atoms with Crippen LogP contribution in [-0.4, -0.2) is 28.5 Å². The van der Waals surface area contributed by atoms with E-state index in [2.05, 4.69) is 5.32 Å². The van der Waals surface area contributed by atoms with Crippen LogP contribution in [0.1, 0.15) is 15.9 Å². The monoisotopic (exact) mass is 384 g/mol. The molecule has 27 heavy (non-hydrogen) atoms. The summed E-state index contributed by atoms with van der Waals surface area (Å²) in [6, 6.07) is 6.64. The van der Waals surface area contributed by atoms with Gasteiger partial charge in [0.05, 0.1) is 16.1 Å². The summed E-state index contributed by atoms with van der Waals surface area (Å²) in [5.41, 5.74) is -1.97. The third-order valence-electron chi connectivity index (χ3n) is 3.24. The van der Waals surface area contributed by atoms with Gasteiger partial charge < -0.3 is 15.2 Å².